The Morgan fingerprint density at radius 2 is 2.15 bits per heavy atom. The Labute approximate surface area is 119 Å². The lowest BCUT2D eigenvalue weighted by Crippen LogP contribution is -2.22. The van der Waals surface area contributed by atoms with Crippen LogP contribution in [0.5, 0.6) is 5.75 Å². The van der Waals surface area contributed by atoms with Crippen LogP contribution in [0.1, 0.15) is 29.9 Å². The predicted octanol–water partition coefficient (Wildman–Crippen LogP) is 2.98. The van der Waals surface area contributed by atoms with Crippen molar-refractivity contribution in [3.63, 3.8) is 0 Å². The Bertz CT molecular complexity index is 547. The largest absolute Gasteiger partial charge is 0.493 e. The highest BCUT2D eigenvalue weighted by Gasteiger charge is 2.07. The minimum Gasteiger partial charge on any atom is -0.493 e. The van der Waals surface area contributed by atoms with E-state index in [1.165, 1.54) is 0 Å². The van der Waals surface area contributed by atoms with E-state index in [2.05, 4.69) is 24.1 Å². The molecule has 1 aromatic carbocycles. The molecule has 4 nitrogen and oxygen atoms in total. The monoisotopic (exact) mass is 272 g/mol. The van der Waals surface area contributed by atoms with Gasteiger partial charge < -0.3 is 15.0 Å². The number of aromatic nitrogens is 1. The summed E-state index contributed by atoms with van der Waals surface area (Å²) in [4.78, 5) is 15.1. The number of aromatic amines is 1. The van der Waals surface area contributed by atoms with Gasteiger partial charge in [0.25, 0.3) is 5.91 Å². The van der Waals surface area contributed by atoms with Crippen molar-refractivity contribution in [3.05, 3.63) is 53.9 Å². The van der Waals surface area contributed by atoms with E-state index in [0.717, 1.165) is 11.4 Å². The Kier molecular flexibility index (Phi) is 4.82. The Morgan fingerprint density at radius 1 is 1.30 bits per heavy atom. The molecule has 0 aliphatic carbocycles. The molecule has 4 heteroatoms. The molecule has 0 atom stereocenters. The SMILES string of the molecule is CC(C)COc1cccc(C(=O)NCc2ccc[nH]2)c1. The van der Waals surface area contributed by atoms with E-state index in [9.17, 15) is 4.79 Å². The maximum absolute atomic E-state index is 12.0. The molecule has 2 aromatic rings. The number of carbonyl (C=O) groups excluding carboxylic acids is 1. The second-order valence-electron chi connectivity index (χ2n) is 5.11. The minimum atomic E-state index is -0.102. The number of hydrogen-bond acceptors (Lipinski definition) is 2. The zero-order valence-corrected chi connectivity index (χ0v) is 11.8. The third kappa shape index (κ3) is 4.16. The van der Waals surface area contributed by atoms with E-state index < -0.39 is 0 Å². The van der Waals surface area contributed by atoms with Crippen molar-refractivity contribution in [3.8, 4) is 5.75 Å². The summed E-state index contributed by atoms with van der Waals surface area (Å²) in [5.41, 5.74) is 1.59. The van der Waals surface area contributed by atoms with Crippen molar-refractivity contribution in [1.29, 1.82) is 0 Å². The van der Waals surface area contributed by atoms with E-state index >= 15 is 0 Å². The molecule has 20 heavy (non-hydrogen) atoms. The van der Waals surface area contributed by atoms with Gasteiger partial charge in [-0.25, -0.2) is 0 Å². The summed E-state index contributed by atoms with van der Waals surface area (Å²) in [7, 11) is 0. The number of rotatable bonds is 6. The molecule has 1 heterocycles. The van der Waals surface area contributed by atoms with Gasteiger partial charge in [0.05, 0.1) is 13.2 Å². The van der Waals surface area contributed by atoms with Crippen molar-refractivity contribution in [2.75, 3.05) is 6.61 Å². The minimum absolute atomic E-state index is 0.102. The van der Waals surface area contributed by atoms with Crippen molar-refractivity contribution >= 4 is 5.91 Å². The zero-order chi connectivity index (χ0) is 14.4. The van der Waals surface area contributed by atoms with E-state index in [1.54, 1.807) is 12.1 Å². The molecule has 0 aliphatic heterocycles. The smallest absolute Gasteiger partial charge is 0.251 e. The number of nitrogens with one attached hydrogen (secondary N) is 2. The maximum atomic E-state index is 12.0. The molecular formula is C16H20N2O2. The van der Waals surface area contributed by atoms with Crippen LogP contribution in [0.25, 0.3) is 0 Å². The third-order valence-electron chi connectivity index (χ3n) is 2.78. The van der Waals surface area contributed by atoms with E-state index in [-0.39, 0.29) is 5.91 Å². The number of hydrogen-bond donors (Lipinski definition) is 2. The van der Waals surface area contributed by atoms with Crippen LogP contribution in [0.15, 0.2) is 42.6 Å². The van der Waals surface area contributed by atoms with Gasteiger partial charge in [0.2, 0.25) is 0 Å². The molecule has 1 aromatic heterocycles. The molecule has 0 radical (unpaired) electrons. The fourth-order valence-corrected chi connectivity index (χ4v) is 1.75. The fourth-order valence-electron chi connectivity index (χ4n) is 1.75. The van der Waals surface area contributed by atoms with E-state index in [1.807, 2.05) is 30.5 Å². The Hall–Kier alpha value is -2.23. The van der Waals surface area contributed by atoms with Gasteiger partial charge in [-0.05, 0) is 36.2 Å². The van der Waals surface area contributed by atoms with E-state index in [0.29, 0.717) is 24.6 Å². The Balaban J connectivity index is 1.93. The standard InChI is InChI=1S/C16H20N2O2/c1-12(2)11-20-15-7-3-5-13(9-15)16(19)18-10-14-6-4-8-17-14/h3-9,12,17H,10-11H2,1-2H3,(H,18,19). The lowest BCUT2D eigenvalue weighted by molar-refractivity contribution is 0.0950. The predicted molar refractivity (Wildman–Crippen MR) is 78.7 cm³/mol. The number of ether oxygens (including phenoxy) is 1. The van der Waals surface area contributed by atoms with Gasteiger partial charge in [0.1, 0.15) is 5.75 Å². The second-order valence-corrected chi connectivity index (χ2v) is 5.11. The normalized spacial score (nSPS) is 10.6. The molecule has 0 saturated heterocycles. The van der Waals surface area contributed by atoms with Crippen molar-refractivity contribution in [2.24, 2.45) is 5.92 Å². The van der Waals surface area contributed by atoms with Crippen LogP contribution in [0.4, 0.5) is 0 Å². The first-order valence-corrected chi connectivity index (χ1v) is 6.78. The summed E-state index contributed by atoms with van der Waals surface area (Å²) in [6.45, 7) is 5.32. The molecule has 2 N–H and O–H groups in total. The molecule has 0 bridgehead atoms. The third-order valence-corrected chi connectivity index (χ3v) is 2.78. The van der Waals surface area contributed by atoms with Gasteiger partial charge in [-0.15, -0.1) is 0 Å². The summed E-state index contributed by atoms with van der Waals surface area (Å²) in [5, 5.41) is 2.87. The maximum Gasteiger partial charge on any atom is 0.251 e. The molecule has 0 saturated carbocycles. The lowest BCUT2D eigenvalue weighted by atomic mass is 10.2. The summed E-state index contributed by atoms with van der Waals surface area (Å²) in [6.07, 6.45) is 1.84. The van der Waals surface area contributed by atoms with Gasteiger partial charge in [-0.1, -0.05) is 19.9 Å². The number of amides is 1. The molecule has 106 valence electrons. The molecule has 0 unspecified atom stereocenters. The topological polar surface area (TPSA) is 54.1 Å². The second kappa shape index (κ2) is 6.80. The quantitative estimate of drug-likeness (QED) is 0.849. The molecule has 0 spiro atoms. The first kappa shape index (κ1) is 14.2. The van der Waals surface area contributed by atoms with Gasteiger partial charge >= 0.3 is 0 Å². The zero-order valence-electron chi connectivity index (χ0n) is 11.8. The molecular weight excluding hydrogens is 252 g/mol. The van der Waals surface area contributed by atoms with E-state index in [4.69, 9.17) is 4.74 Å². The van der Waals surface area contributed by atoms with Gasteiger partial charge in [0, 0.05) is 17.5 Å². The average molecular weight is 272 g/mol. The van der Waals surface area contributed by atoms with Crippen LogP contribution in [0, 0.1) is 5.92 Å². The van der Waals surface area contributed by atoms with Crippen molar-refractivity contribution in [2.45, 2.75) is 20.4 Å². The number of benzene rings is 1. The highest BCUT2D eigenvalue weighted by molar-refractivity contribution is 5.94. The summed E-state index contributed by atoms with van der Waals surface area (Å²) in [6, 6.07) is 11.1. The average Bonchev–Trinajstić information content (AvgIpc) is 2.96. The molecule has 1 amide bonds. The van der Waals surface area contributed by atoms with Gasteiger partial charge in [0.15, 0.2) is 0 Å². The van der Waals surface area contributed by atoms with Crippen LogP contribution < -0.4 is 10.1 Å². The number of carbonyl (C=O) groups is 1. The summed E-state index contributed by atoms with van der Waals surface area (Å²) < 4.78 is 5.62. The molecule has 2 rings (SSSR count). The highest BCUT2D eigenvalue weighted by Crippen LogP contribution is 2.14. The van der Waals surface area contributed by atoms with Gasteiger partial charge in [-0.2, -0.15) is 0 Å². The first-order chi connectivity index (χ1) is 9.65. The fraction of sp³-hybridized carbons (Fsp3) is 0.312. The molecule has 0 fully saturated rings. The van der Waals surface area contributed by atoms with Crippen LogP contribution >= 0.6 is 0 Å². The number of H-pyrrole nitrogens is 1. The lowest BCUT2D eigenvalue weighted by Gasteiger charge is -2.10. The van der Waals surface area contributed by atoms with Crippen molar-refractivity contribution in [1.82, 2.24) is 10.3 Å². The first-order valence-electron chi connectivity index (χ1n) is 6.78. The van der Waals surface area contributed by atoms with Crippen LogP contribution in [0.2, 0.25) is 0 Å². The van der Waals surface area contributed by atoms with Crippen molar-refractivity contribution < 1.29 is 9.53 Å². The Morgan fingerprint density at radius 3 is 2.85 bits per heavy atom. The van der Waals surface area contributed by atoms with Crippen LogP contribution in [-0.4, -0.2) is 17.5 Å². The van der Waals surface area contributed by atoms with Gasteiger partial charge in [-0.3, -0.25) is 4.79 Å². The summed E-state index contributed by atoms with van der Waals surface area (Å²) >= 11 is 0. The van der Waals surface area contributed by atoms with Crippen LogP contribution in [0.3, 0.4) is 0 Å². The molecule has 0 aliphatic rings. The highest BCUT2D eigenvalue weighted by atomic mass is 16.5. The summed E-state index contributed by atoms with van der Waals surface area (Å²) in [5.74, 6) is 1.08. The van der Waals surface area contributed by atoms with Crippen LogP contribution in [-0.2, 0) is 6.54 Å².